The van der Waals surface area contributed by atoms with Crippen LogP contribution in [-0.4, -0.2) is 48.1 Å². The molecule has 0 spiro atoms. The Morgan fingerprint density at radius 3 is 2.71 bits per heavy atom. The monoisotopic (exact) mass is 516 g/mol. The number of aromatic nitrogens is 6. The lowest BCUT2D eigenvalue weighted by atomic mass is 10.3. The van der Waals surface area contributed by atoms with Crippen LogP contribution in [0.5, 0.6) is 0 Å². The van der Waals surface area contributed by atoms with Gasteiger partial charge in [-0.15, -0.1) is 0 Å². The molecule has 0 atom stereocenters. The number of carbonyl (C=O) groups excluding carboxylic acids is 1. The van der Waals surface area contributed by atoms with E-state index < -0.39 is 11.7 Å². The van der Waals surface area contributed by atoms with E-state index in [-0.39, 0.29) is 17.9 Å². The first-order valence-corrected chi connectivity index (χ1v) is 12.5. The van der Waals surface area contributed by atoms with E-state index in [1.807, 2.05) is 42.2 Å². The Bertz CT molecular complexity index is 1520. The van der Waals surface area contributed by atoms with Crippen LogP contribution in [-0.2, 0) is 39.4 Å². The molecule has 0 saturated carbocycles. The summed E-state index contributed by atoms with van der Waals surface area (Å²) in [6.45, 7) is 2.14. The van der Waals surface area contributed by atoms with E-state index in [4.69, 9.17) is 9.40 Å². The SMILES string of the molecule is Cn1ccnc1CCn1c(CCNCCc2nc(C(=O)NCc3ncccc3F)co2)nc2ccccc21. The van der Waals surface area contributed by atoms with Gasteiger partial charge in [0.25, 0.3) is 5.91 Å². The van der Waals surface area contributed by atoms with Crippen molar-refractivity contribution in [3.63, 3.8) is 0 Å². The Morgan fingerprint density at radius 2 is 1.87 bits per heavy atom. The van der Waals surface area contributed by atoms with Crippen LogP contribution in [0, 0.1) is 5.82 Å². The summed E-state index contributed by atoms with van der Waals surface area (Å²) in [5.41, 5.74) is 2.42. The zero-order valence-electron chi connectivity index (χ0n) is 21.1. The van der Waals surface area contributed by atoms with Gasteiger partial charge < -0.3 is 24.2 Å². The minimum Gasteiger partial charge on any atom is -0.448 e. The molecule has 4 aromatic heterocycles. The van der Waals surface area contributed by atoms with Gasteiger partial charge in [0.1, 0.15) is 23.7 Å². The highest BCUT2D eigenvalue weighted by atomic mass is 19.1. The number of benzene rings is 1. The zero-order chi connectivity index (χ0) is 26.3. The van der Waals surface area contributed by atoms with Crippen LogP contribution in [0.15, 0.2) is 65.7 Å². The topological polar surface area (TPSA) is 116 Å². The van der Waals surface area contributed by atoms with Gasteiger partial charge in [-0.3, -0.25) is 9.78 Å². The molecular formula is C27H29FN8O2. The van der Waals surface area contributed by atoms with E-state index in [9.17, 15) is 9.18 Å². The zero-order valence-corrected chi connectivity index (χ0v) is 21.1. The molecule has 5 aromatic rings. The summed E-state index contributed by atoms with van der Waals surface area (Å²) < 4.78 is 23.4. The van der Waals surface area contributed by atoms with Crippen molar-refractivity contribution in [3.05, 3.63) is 96.0 Å². The van der Waals surface area contributed by atoms with E-state index in [0.717, 1.165) is 48.6 Å². The molecule has 0 unspecified atom stereocenters. The molecule has 5 rings (SSSR count). The normalized spacial score (nSPS) is 11.3. The van der Waals surface area contributed by atoms with E-state index in [2.05, 4.69) is 36.2 Å². The quantitative estimate of drug-likeness (QED) is 0.245. The predicted molar refractivity (Wildman–Crippen MR) is 139 cm³/mol. The number of hydrogen-bond acceptors (Lipinski definition) is 7. The van der Waals surface area contributed by atoms with Crippen LogP contribution in [0.1, 0.15) is 33.7 Å². The third kappa shape index (κ3) is 5.94. The van der Waals surface area contributed by atoms with Crippen LogP contribution in [0.25, 0.3) is 11.0 Å². The highest BCUT2D eigenvalue weighted by molar-refractivity contribution is 5.91. The lowest BCUT2D eigenvalue weighted by molar-refractivity contribution is 0.0945. The maximum absolute atomic E-state index is 13.7. The molecule has 4 heterocycles. The number of carbonyl (C=O) groups is 1. The summed E-state index contributed by atoms with van der Waals surface area (Å²) in [7, 11) is 2.01. The molecule has 0 fully saturated rings. The number of nitrogens with one attached hydrogen (secondary N) is 2. The molecule has 10 nitrogen and oxygen atoms in total. The number of pyridine rings is 1. The summed E-state index contributed by atoms with van der Waals surface area (Å²) in [5, 5.41) is 6.01. The molecular weight excluding hydrogens is 487 g/mol. The minimum atomic E-state index is -0.469. The Hall–Kier alpha value is -4.38. The van der Waals surface area contributed by atoms with Crippen LogP contribution in [0.3, 0.4) is 0 Å². The smallest absolute Gasteiger partial charge is 0.273 e. The number of fused-ring (bicyclic) bond motifs is 1. The first-order valence-electron chi connectivity index (χ1n) is 12.5. The summed E-state index contributed by atoms with van der Waals surface area (Å²) in [5.74, 6) is 1.60. The van der Waals surface area contributed by atoms with Crippen molar-refractivity contribution in [1.82, 2.24) is 39.7 Å². The minimum absolute atomic E-state index is 0.0261. The molecule has 196 valence electrons. The van der Waals surface area contributed by atoms with Gasteiger partial charge in [-0.05, 0) is 24.3 Å². The second-order valence-electron chi connectivity index (χ2n) is 8.86. The molecule has 0 saturated heterocycles. The number of hydrogen-bond donors (Lipinski definition) is 2. The fourth-order valence-electron chi connectivity index (χ4n) is 4.27. The number of nitrogens with zero attached hydrogens (tertiary/aromatic N) is 6. The van der Waals surface area contributed by atoms with Gasteiger partial charge in [0.15, 0.2) is 11.6 Å². The number of oxazole rings is 1. The fraction of sp³-hybridized carbons (Fsp3) is 0.296. The molecule has 0 radical (unpaired) electrons. The predicted octanol–water partition coefficient (Wildman–Crippen LogP) is 2.84. The summed E-state index contributed by atoms with van der Waals surface area (Å²) in [6, 6.07) is 11.0. The van der Waals surface area contributed by atoms with Crippen molar-refractivity contribution < 1.29 is 13.6 Å². The average Bonchev–Trinajstić information content (AvgIpc) is 3.65. The standard InChI is InChI=1S/C27H29FN8O2/c1-35-16-14-31-24(35)10-15-36-23-7-3-2-6-20(23)33-25(36)8-12-29-13-9-26-34-22(18-38-26)27(37)32-17-21-19(28)5-4-11-30-21/h2-7,11,14,16,18,29H,8-10,12-13,15,17H2,1H3,(H,32,37). The average molecular weight is 517 g/mol. The van der Waals surface area contributed by atoms with Gasteiger partial charge in [0.2, 0.25) is 0 Å². The van der Waals surface area contributed by atoms with Crippen molar-refractivity contribution >= 4 is 16.9 Å². The van der Waals surface area contributed by atoms with Crippen molar-refractivity contribution in [2.45, 2.75) is 32.4 Å². The summed E-state index contributed by atoms with van der Waals surface area (Å²) in [4.78, 5) is 29.8. The lowest BCUT2D eigenvalue weighted by Gasteiger charge is -2.10. The van der Waals surface area contributed by atoms with Gasteiger partial charge in [0, 0.05) is 64.5 Å². The number of aryl methyl sites for hydroxylation is 3. The first-order chi connectivity index (χ1) is 18.6. The van der Waals surface area contributed by atoms with Gasteiger partial charge in [-0.1, -0.05) is 12.1 Å². The largest absolute Gasteiger partial charge is 0.448 e. The van der Waals surface area contributed by atoms with Gasteiger partial charge in [0.05, 0.1) is 23.3 Å². The van der Waals surface area contributed by atoms with Gasteiger partial charge >= 0.3 is 0 Å². The van der Waals surface area contributed by atoms with Crippen LogP contribution in [0.2, 0.25) is 0 Å². The molecule has 1 aromatic carbocycles. The van der Waals surface area contributed by atoms with Crippen LogP contribution < -0.4 is 10.6 Å². The Labute approximate surface area is 219 Å². The van der Waals surface area contributed by atoms with Crippen LogP contribution >= 0.6 is 0 Å². The van der Waals surface area contributed by atoms with Crippen molar-refractivity contribution in [2.75, 3.05) is 13.1 Å². The Kier molecular flexibility index (Phi) is 7.84. The van der Waals surface area contributed by atoms with E-state index >= 15 is 0 Å². The number of halogens is 1. The van der Waals surface area contributed by atoms with Crippen molar-refractivity contribution in [3.8, 4) is 0 Å². The third-order valence-electron chi connectivity index (χ3n) is 6.29. The second kappa shape index (κ2) is 11.8. The number of para-hydroxylation sites is 2. The molecule has 11 heteroatoms. The molecule has 0 aliphatic heterocycles. The molecule has 0 bridgehead atoms. The lowest BCUT2D eigenvalue weighted by Crippen LogP contribution is -2.24. The van der Waals surface area contributed by atoms with Gasteiger partial charge in [-0.2, -0.15) is 0 Å². The molecule has 0 aliphatic carbocycles. The van der Waals surface area contributed by atoms with Crippen LogP contribution in [0.4, 0.5) is 4.39 Å². The van der Waals surface area contributed by atoms with E-state index in [1.165, 1.54) is 24.6 Å². The summed E-state index contributed by atoms with van der Waals surface area (Å²) >= 11 is 0. The van der Waals surface area contributed by atoms with E-state index in [0.29, 0.717) is 18.9 Å². The molecule has 38 heavy (non-hydrogen) atoms. The van der Waals surface area contributed by atoms with Crippen molar-refractivity contribution in [2.24, 2.45) is 7.05 Å². The fourth-order valence-corrected chi connectivity index (χ4v) is 4.27. The first kappa shape index (κ1) is 25.3. The number of imidazole rings is 2. The number of rotatable bonds is 12. The number of amides is 1. The maximum Gasteiger partial charge on any atom is 0.273 e. The molecule has 1 amide bonds. The highest BCUT2D eigenvalue weighted by Gasteiger charge is 2.14. The third-order valence-corrected chi connectivity index (χ3v) is 6.29. The molecule has 0 aliphatic rings. The second-order valence-corrected chi connectivity index (χ2v) is 8.86. The summed E-state index contributed by atoms with van der Waals surface area (Å²) in [6.07, 6.45) is 8.67. The Morgan fingerprint density at radius 1 is 1.00 bits per heavy atom. The molecule has 2 N–H and O–H groups in total. The van der Waals surface area contributed by atoms with Crippen molar-refractivity contribution in [1.29, 1.82) is 0 Å². The van der Waals surface area contributed by atoms with E-state index in [1.54, 1.807) is 0 Å². The Balaban J connectivity index is 1.10. The maximum atomic E-state index is 13.7. The highest BCUT2D eigenvalue weighted by Crippen LogP contribution is 2.17. The van der Waals surface area contributed by atoms with Gasteiger partial charge in [-0.25, -0.2) is 19.3 Å².